The number of benzene rings is 2. The molecular formula is C20H20ClN3O2. The van der Waals surface area contributed by atoms with Crippen molar-refractivity contribution >= 4 is 23.2 Å². The predicted molar refractivity (Wildman–Crippen MR) is 103 cm³/mol. The van der Waals surface area contributed by atoms with Gasteiger partial charge in [0.1, 0.15) is 5.75 Å². The highest BCUT2D eigenvalue weighted by Gasteiger charge is 2.12. The van der Waals surface area contributed by atoms with Crippen LogP contribution in [0.4, 0.5) is 5.69 Å². The summed E-state index contributed by atoms with van der Waals surface area (Å²) in [5.41, 5.74) is 4.32. The lowest BCUT2D eigenvalue weighted by Crippen LogP contribution is -2.15. The summed E-state index contributed by atoms with van der Waals surface area (Å²) in [6, 6.07) is 13.0. The van der Waals surface area contributed by atoms with Gasteiger partial charge in [0.15, 0.2) is 12.4 Å². The summed E-state index contributed by atoms with van der Waals surface area (Å²) < 4.78 is 7.24. The van der Waals surface area contributed by atoms with Gasteiger partial charge in [-0.3, -0.25) is 4.79 Å². The summed E-state index contributed by atoms with van der Waals surface area (Å²) >= 11 is 6.12. The summed E-state index contributed by atoms with van der Waals surface area (Å²) in [5, 5.41) is 7.69. The number of carbonyl (C=O) groups excluding carboxylic acids is 1. The van der Waals surface area contributed by atoms with Gasteiger partial charge in [-0.15, -0.1) is 0 Å². The Bertz CT molecular complexity index is 950. The molecule has 0 saturated heterocycles. The monoisotopic (exact) mass is 369 g/mol. The van der Waals surface area contributed by atoms with Crippen LogP contribution in [-0.4, -0.2) is 15.7 Å². The number of hydrogen-bond donors (Lipinski definition) is 1. The summed E-state index contributed by atoms with van der Waals surface area (Å²) in [7, 11) is 0. The SMILES string of the molecule is Cc1ccc(Cl)c(OCn2ccc(C(=O)Nc3cccc(C)c3C)n2)c1. The Hall–Kier alpha value is -2.79. The largest absolute Gasteiger partial charge is 0.470 e. The minimum atomic E-state index is -0.258. The average molecular weight is 370 g/mol. The van der Waals surface area contributed by atoms with E-state index in [1.807, 2.05) is 51.1 Å². The Balaban J connectivity index is 1.66. The third kappa shape index (κ3) is 4.06. The highest BCUT2D eigenvalue weighted by Crippen LogP contribution is 2.25. The van der Waals surface area contributed by atoms with Crippen molar-refractivity contribution in [2.75, 3.05) is 5.32 Å². The Morgan fingerprint density at radius 2 is 2.00 bits per heavy atom. The fraction of sp³-hybridized carbons (Fsp3) is 0.200. The first-order valence-electron chi connectivity index (χ1n) is 8.24. The van der Waals surface area contributed by atoms with E-state index >= 15 is 0 Å². The third-order valence-electron chi connectivity index (χ3n) is 4.17. The second kappa shape index (κ2) is 7.62. The molecule has 1 aromatic heterocycles. The third-order valence-corrected chi connectivity index (χ3v) is 4.48. The fourth-order valence-corrected chi connectivity index (χ4v) is 2.66. The number of nitrogens with zero attached hydrogens (tertiary/aromatic N) is 2. The highest BCUT2D eigenvalue weighted by molar-refractivity contribution is 6.32. The number of halogens is 1. The molecule has 0 aliphatic heterocycles. The zero-order chi connectivity index (χ0) is 18.7. The van der Waals surface area contributed by atoms with Crippen molar-refractivity contribution in [1.82, 2.24) is 9.78 Å². The van der Waals surface area contributed by atoms with Gasteiger partial charge in [-0.25, -0.2) is 4.68 Å². The van der Waals surface area contributed by atoms with Gasteiger partial charge in [-0.2, -0.15) is 5.10 Å². The van der Waals surface area contributed by atoms with E-state index in [1.54, 1.807) is 23.0 Å². The first-order chi connectivity index (χ1) is 12.4. The molecule has 0 fully saturated rings. The summed E-state index contributed by atoms with van der Waals surface area (Å²) in [5.74, 6) is 0.328. The standard InChI is InChI=1S/C20H20ClN3O2/c1-13-7-8-16(21)19(11-13)26-12-24-10-9-18(23-24)20(25)22-17-6-4-5-14(2)15(17)3/h4-11H,12H2,1-3H3,(H,22,25). The predicted octanol–water partition coefficient (Wildman–Crippen LogP) is 4.75. The van der Waals surface area contributed by atoms with E-state index in [-0.39, 0.29) is 12.6 Å². The molecule has 6 heteroatoms. The molecule has 2 aromatic carbocycles. The van der Waals surface area contributed by atoms with Crippen LogP contribution in [-0.2, 0) is 6.73 Å². The van der Waals surface area contributed by atoms with Gasteiger partial charge in [-0.1, -0.05) is 29.8 Å². The summed E-state index contributed by atoms with van der Waals surface area (Å²) in [6.07, 6.45) is 1.70. The number of anilines is 1. The number of hydrogen-bond acceptors (Lipinski definition) is 3. The van der Waals surface area contributed by atoms with E-state index in [2.05, 4.69) is 10.4 Å². The lowest BCUT2D eigenvalue weighted by atomic mass is 10.1. The Labute approximate surface area is 157 Å². The van der Waals surface area contributed by atoms with Gasteiger partial charge in [-0.05, 0) is 61.7 Å². The minimum Gasteiger partial charge on any atom is -0.470 e. The van der Waals surface area contributed by atoms with Crippen molar-refractivity contribution in [3.05, 3.63) is 76.1 Å². The van der Waals surface area contributed by atoms with E-state index in [1.165, 1.54) is 0 Å². The number of rotatable bonds is 5. The summed E-state index contributed by atoms with van der Waals surface area (Å²) in [4.78, 5) is 12.4. The van der Waals surface area contributed by atoms with Crippen LogP contribution in [0.3, 0.4) is 0 Å². The molecule has 3 aromatic rings. The minimum absolute atomic E-state index is 0.167. The van der Waals surface area contributed by atoms with Gasteiger partial charge in [0.2, 0.25) is 0 Å². The van der Waals surface area contributed by atoms with Crippen molar-refractivity contribution in [3.63, 3.8) is 0 Å². The maximum absolute atomic E-state index is 12.4. The number of aromatic nitrogens is 2. The van der Waals surface area contributed by atoms with Crippen molar-refractivity contribution in [3.8, 4) is 5.75 Å². The highest BCUT2D eigenvalue weighted by atomic mass is 35.5. The van der Waals surface area contributed by atoms with E-state index in [0.29, 0.717) is 16.5 Å². The summed E-state index contributed by atoms with van der Waals surface area (Å²) in [6.45, 7) is 6.11. The van der Waals surface area contributed by atoms with Crippen molar-refractivity contribution in [2.24, 2.45) is 0 Å². The van der Waals surface area contributed by atoms with Gasteiger partial charge in [0.05, 0.1) is 5.02 Å². The van der Waals surface area contributed by atoms with Gasteiger partial charge in [0, 0.05) is 11.9 Å². The van der Waals surface area contributed by atoms with Crippen molar-refractivity contribution in [1.29, 1.82) is 0 Å². The number of nitrogens with one attached hydrogen (secondary N) is 1. The maximum Gasteiger partial charge on any atom is 0.276 e. The van der Waals surface area contributed by atoms with Crippen LogP contribution >= 0.6 is 11.6 Å². The molecule has 5 nitrogen and oxygen atoms in total. The van der Waals surface area contributed by atoms with E-state index < -0.39 is 0 Å². The molecule has 0 unspecified atom stereocenters. The average Bonchev–Trinajstić information content (AvgIpc) is 3.09. The lowest BCUT2D eigenvalue weighted by Gasteiger charge is -2.10. The zero-order valence-electron chi connectivity index (χ0n) is 14.9. The van der Waals surface area contributed by atoms with Crippen LogP contribution in [0.15, 0.2) is 48.7 Å². The number of amides is 1. The molecule has 0 aliphatic rings. The maximum atomic E-state index is 12.4. The molecule has 3 rings (SSSR count). The molecule has 1 heterocycles. The molecule has 0 aliphatic carbocycles. The fourth-order valence-electron chi connectivity index (χ4n) is 2.48. The van der Waals surface area contributed by atoms with Crippen LogP contribution in [0, 0.1) is 20.8 Å². The van der Waals surface area contributed by atoms with Gasteiger partial charge >= 0.3 is 0 Å². The number of carbonyl (C=O) groups is 1. The first-order valence-corrected chi connectivity index (χ1v) is 8.62. The molecular weight excluding hydrogens is 350 g/mol. The molecule has 0 atom stereocenters. The van der Waals surface area contributed by atoms with Crippen LogP contribution in [0.1, 0.15) is 27.2 Å². The quantitative estimate of drug-likeness (QED) is 0.706. The van der Waals surface area contributed by atoms with E-state index in [9.17, 15) is 4.79 Å². The molecule has 1 N–H and O–H groups in total. The smallest absolute Gasteiger partial charge is 0.276 e. The molecule has 0 spiro atoms. The molecule has 1 amide bonds. The zero-order valence-corrected chi connectivity index (χ0v) is 15.7. The molecule has 26 heavy (non-hydrogen) atoms. The second-order valence-corrected chi connectivity index (χ2v) is 6.56. The van der Waals surface area contributed by atoms with Crippen LogP contribution in [0.25, 0.3) is 0 Å². The van der Waals surface area contributed by atoms with Crippen LogP contribution < -0.4 is 10.1 Å². The lowest BCUT2D eigenvalue weighted by molar-refractivity contribution is 0.102. The van der Waals surface area contributed by atoms with Gasteiger partial charge < -0.3 is 10.1 Å². The van der Waals surface area contributed by atoms with Crippen molar-refractivity contribution < 1.29 is 9.53 Å². The topological polar surface area (TPSA) is 56.1 Å². The molecule has 0 saturated carbocycles. The molecule has 134 valence electrons. The normalized spacial score (nSPS) is 10.6. The Morgan fingerprint density at radius 3 is 2.81 bits per heavy atom. The molecule has 0 bridgehead atoms. The number of aryl methyl sites for hydroxylation is 2. The second-order valence-electron chi connectivity index (χ2n) is 6.15. The Kier molecular flexibility index (Phi) is 5.28. The molecule has 0 radical (unpaired) electrons. The number of ether oxygens (including phenoxy) is 1. The van der Waals surface area contributed by atoms with Crippen molar-refractivity contribution in [2.45, 2.75) is 27.5 Å². The Morgan fingerprint density at radius 1 is 1.19 bits per heavy atom. The van der Waals surface area contributed by atoms with Gasteiger partial charge in [0.25, 0.3) is 5.91 Å². The first kappa shape index (κ1) is 18.0. The van der Waals surface area contributed by atoms with Crippen LogP contribution in [0.2, 0.25) is 5.02 Å². The van der Waals surface area contributed by atoms with E-state index in [4.69, 9.17) is 16.3 Å². The van der Waals surface area contributed by atoms with E-state index in [0.717, 1.165) is 22.4 Å². The van der Waals surface area contributed by atoms with Crippen LogP contribution in [0.5, 0.6) is 5.75 Å².